The van der Waals surface area contributed by atoms with E-state index in [4.69, 9.17) is 9.47 Å². The normalized spacial score (nSPS) is 16.7. The molecule has 0 spiro atoms. The highest BCUT2D eigenvalue weighted by Gasteiger charge is 2.26. The zero-order valence-electron chi connectivity index (χ0n) is 14.0. The molecule has 1 N–H and O–H groups in total. The van der Waals surface area contributed by atoms with Gasteiger partial charge in [-0.05, 0) is 42.9 Å². The molecule has 1 aliphatic heterocycles. The summed E-state index contributed by atoms with van der Waals surface area (Å²) in [6.07, 6.45) is 1.83. The molecule has 23 heavy (non-hydrogen) atoms. The van der Waals surface area contributed by atoms with E-state index in [9.17, 15) is 8.42 Å². The van der Waals surface area contributed by atoms with Crippen molar-refractivity contribution in [2.45, 2.75) is 38.4 Å². The van der Waals surface area contributed by atoms with Crippen LogP contribution >= 0.6 is 0 Å². The molecule has 1 aromatic carbocycles. The minimum Gasteiger partial charge on any atom is -0.493 e. The van der Waals surface area contributed by atoms with E-state index in [2.05, 4.69) is 18.6 Å². The Morgan fingerprint density at radius 1 is 1.22 bits per heavy atom. The molecule has 6 heteroatoms. The Morgan fingerprint density at radius 3 is 2.48 bits per heavy atom. The molecule has 0 aliphatic carbocycles. The van der Waals surface area contributed by atoms with Crippen molar-refractivity contribution >= 4 is 10.0 Å². The van der Waals surface area contributed by atoms with Gasteiger partial charge in [-0.25, -0.2) is 13.1 Å². The lowest BCUT2D eigenvalue weighted by Gasteiger charge is -2.22. The van der Waals surface area contributed by atoms with Gasteiger partial charge in [0, 0.05) is 19.8 Å². The lowest BCUT2D eigenvalue weighted by molar-refractivity contribution is 0.0981. The van der Waals surface area contributed by atoms with E-state index in [1.165, 1.54) is 0 Å². The van der Waals surface area contributed by atoms with Crippen molar-refractivity contribution in [3.63, 3.8) is 0 Å². The first-order valence-electron chi connectivity index (χ1n) is 8.25. The van der Waals surface area contributed by atoms with Gasteiger partial charge in [0.25, 0.3) is 0 Å². The summed E-state index contributed by atoms with van der Waals surface area (Å²) in [5.41, 5.74) is 1.09. The van der Waals surface area contributed by atoms with E-state index >= 15 is 0 Å². The van der Waals surface area contributed by atoms with Crippen LogP contribution in [0.1, 0.15) is 32.3 Å². The summed E-state index contributed by atoms with van der Waals surface area (Å²) in [7, 11) is -3.23. The summed E-state index contributed by atoms with van der Waals surface area (Å²) in [5, 5.41) is -0.317. The third-order valence-corrected chi connectivity index (χ3v) is 5.79. The highest BCUT2D eigenvalue weighted by molar-refractivity contribution is 7.90. The maximum Gasteiger partial charge on any atom is 0.214 e. The molecule has 0 atom stereocenters. The highest BCUT2D eigenvalue weighted by Crippen LogP contribution is 2.16. The summed E-state index contributed by atoms with van der Waals surface area (Å²) >= 11 is 0. The summed E-state index contributed by atoms with van der Waals surface area (Å²) in [4.78, 5) is 0. The zero-order chi connectivity index (χ0) is 16.7. The number of hydrogen-bond donors (Lipinski definition) is 1. The van der Waals surface area contributed by atoms with E-state index < -0.39 is 10.0 Å². The van der Waals surface area contributed by atoms with E-state index in [1.807, 2.05) is 24.3 Å². The van der Waals surface area contributed by atoms with Gasteiger partial charge in [-0.15, -0.1) is 0 Å². The number of benzene rings is 1. The van der Waals surface area contributed by atoms with E-state index in [0.717, 1.165) is 11.3 Å². The molecule has 2 rings (SSSR count). The van der Waals surface area contributed by atoms with Crippen molar-refractivity contribution in [3.8, 4) is 5.75 Å². The second kappa shape index (κ2) is 8.66. The Labute approximate surface area is 139 Å². The maximum atomic E-state index is 12.2. The summed E-state index contributed by atoms with van der Waals surface area (Å²) in [5.74, 6) is 1.35. The molecule has 1 heterocycles. The Hall–Kier alpha value is -1.11. The van der Waals surface area contributed by atoms with Crippen LogP contribution in [0.2, 0.25) is 0 Å². The van der Waals surface area contributed by atoms with Crippen LogP contribution in [0.15, 0.2) is 24.3 Å². The summed E-state index contributed by atoms with van der Waals surface area (Å²) in [6, 6.07) is 7.84. The smallest absolute Gasteiger partial charge is 0.214 e. The number of sulfonamides is 1. The Kier molecular flexibility index (Phi) is 6.87. The van der Waals surface area contributed by atoms with E-state index in [-0.39, 0.29) is 5.25 Å². The number of hydrogen-bond acceptors (Lipinski definition) is 4. The van der Waals surface area contributed by atoms with Crippen molar-refractivity contribution in [2.75, 3.05) is 26.4 Å². The SMILES string of the molecule is CC(C)COc1ccc(CCNS(=O)(=O)C2CCOCC2)cc1. The molecule has 5 nitrogen and oxygen atoms in total. The summed E-state index contributed by atoms with van der Waals surface area (Å²) in [6.45, 7) is 6.40. The maximum absolute atomic E-state index is 12.2. The first-order chi connectivity index (χ1) is 11.0. The van der Waals surface area contributed by atoms with Crippen LogP contribution in [0.25, 0.3) is 0 Å². The average Bonchev–Trinajstić information content (AvgIpc) is 2.55. The number of ether oxygens (including phenoxy) is 2. The second-order valence-electron chi connectivity index (χ2n) is 6.35. The lowest BCUT2D eigenvalue weighted by Crippen LogP contribution is -2.38. The van der Waals surface area contributed by atoms with Gasteiger partial charge in [0.2, 0.25) is 10.0 Å². The molecule has 0 bridgehead atoms. The van der Waals surface area contributed by atoms with Gasteiger partial charge in [-0.3, -0.25) is 0 Å². The monoisotopic (exact) mass is 341 g/mol. The van der Waals surface area contributed by atoms with Gasteiger partial charge >= 0.3 is 0 Å². The number of nitrogens with one attached hydrogen (secondary N) is 1. The first kappa shape index (κ1) is 18.2. The minimum atomic E-state index is -3.23. The quantitative estimate of drug-likeness (QED) is 0.788. The molecule has 0 aromatic heterocycles. The molecule has 0 radical (unpaired) electrons. The summed E-state index contributed by atoms with van der Waals surface area (Å²) < 4.78 is 37.9. The fraction of sp³-hybridized carbons (Fsp3) is 0.647. The standard InChI is InChI=1S/C17H27NO4S/c1-14(2)13-22-16-5-3-15(4-6-16)7-10-18-23(19,20)17-8-11-21-12-9-17/h3-6,14,17-18H,7-13H2,1-2H3. The Bertz CT molecular complexity index is 563. The van der Waals surface area contributed by atoms with Crippen molar-refractivity contribution in [1.29, 1.82) is 0 Å². The van der Waals surface area contributed by atoms with Gasteiger partial charge in [0.05, 0.1) is 11.9 Å². The van der Waals surface area contributed by atoms with E-state index in [0.29, 0.717) is 51.5 Å². The van der Waals surface area contributed by atoms with Crippen molar-refractivity contribution < 1.29 is 17.9 Å². The Balaban J connectivity index is 1.77. The van der Waals surface area contributed by atoms with Gasteiger partial charge in [-0.2, -0.15) is 0 Å². The van der Waals surface area contributed by atoms with Crippen LogP contribution in [-0.4, -0.2) is 40.0 Å². The average molecular weight is 341 g/mol. The van der Waals surface area contributed by atoms with Crippen LogP contribution in [-0.2, 0) is 21.2 Å². The number of rotatable bonds is 8. The second-order valence-corrected chi connectivity index (χ2v) is 8.40. The van der Waals surface area contributed by atoms with Crippen LogP contribution in [0.5, 0.6) is 5.75 Å². The first-order valence-corrected chi connectivity index (χ1v) is 9.80. The molecule has 1 aromatic rings. The van der Waals surface area contributed by atoms with Crippen molar-refractivity contribution in [1.82, 2.24) is 4.72 Å². The van der Waals surface area contributed by atoms with E-state index in [1.54, 1.807) is 0 Å². The fourth-order valence-electron chi connectivity index (χ4n) is 2.46. The van der Waals surface area contributed by atoms with Crippen LogP contribution < -0.4 is 9.46 Å². The molecule has 1 aliphatic rings. The molecule has 1 fully saturated rings. The fourth-order valence-corrected chi connectivity index (χ4v) is 3.89. The molecule has 1 saturated heterocycles. The molecule has 0 saturated carbocycles. The topological polar surface area (TPSA) is 64.6 Å². The van der Waals surface area contributed by atoms with Crippen LogP contribution in [0.4, 0.5) is 0 Å². The molecule has 0 unspecified atom stereocenters. The Morgan fingerprint density at radius 2 is 1.87 bits per heavy atom. The third kappa shape index (κ3) is 6.12. The predicted molar refractivity (Wildman–Crippen MR) is 91.2 cm³/mol. The largest absolute Gasteiger partial charge is 0.493 e. The van der Waals surface area contributed by atoms with Gasteiger partial charge in [0.15, 0.2) is 0 Å². The lowest BCUT2D eigenvalue weighted by atomic mass is 10.1. The molecule has 130 valence electrons. The molecular formula is C17H27NO4S. The molecular weight excluding hydrogens is 314 g/mol. The van der Waals surface area contributed by atoms with Crippen LogP contribution in [0, 0.1) is 5.92 Å². The van der Waals surface area contributed by atoms with Gasteiger partial charge in [0.1, 0.15) is 5.75 Å². The predicted octanol–water partition coefficient (Wildman–Crippen LogP) is 2.36. The van der Waals surface area contributed by atoms with Crippen molar-refractivity contribution in [2.24, 2.45) is 5.92 Å². The van der Waals surface area contributed by atoms with Gasteiger partial charge < -0.3 is 9.47 Å². The minimum absolute atomic E-state index is 0.317. The highest BCUT2D eigenvalue weighted by atomic mass is 32.2. The van der Waals surface area contributed by atoms with Crippen LogP contribution in [0.3, 0.4) is 0 Å². The zero-order valence-corrected chi connectivity index (χ0v) is 14.8. The van der Waals surface area contributed by atoms with Gasteiger partial charge in [-0.1, -0.05) is 26.0 Å². The van der Waals surface area contributed by atoms with Crippen molar-refractivity contribution in [3.05, 3.63) is 29.8 Å². The molecule has 0 amide bonds. The third-order valence-electron chi connectivity index (χ3n) is 3.83.